The molecule has 1 aromatic rings. The van der Waals surface area contributed by atoms with Crippen molar-refractivity contribution >= 4 is 11.9 Å². The molecule has 0 bridgehead atoms. The monoisotopic (exact) mass is 254 g/mol. The number of carbonyl (C=O) groups is 2. The van der Waals surface area contributed by atoms with Crippen molar-refractivity contribution in [2.45, 2.75) is 45.8 Å². The van der Waals surface area contributed by atoms with E-state index < -0.39 is 11.6 Å². The molecule has 0 aliphatic carbocycles. The number of aromatic carboxylic acids is 1. The number of carboxylic acid groups (broad SMARTS) is 1. The van der Waals surface area contributed by atoms with Crippen LogP contribution >= 0.6 is 0 Å². The number of carboxylic acids is 1. The average molecular weight is 254 g/mol. The molecule has 0 unspecified atom stereocenters. The molecular formula is C12H18N2O4. The highest BCUT2D eigenvalue weighted by molar-refractivity contribution is 5.85. The molecule has 6 nitrogen and oxygen atoms in total. The number of carbonyl (C=O) groups excluding carboxylic acids is 1. The fraction of sp³-hybridized carbons (Fsp3) is 0.583. The molecule has 0 fully saturated rings. The Morgan fingerprint density at radius 1 is 1.50 bits per heavy atom. The van der Waals surface area contributed by atoms with Crippen LogP contribution in [-0.4, -0.2) is 32.4 Å². The summed E-state index contributed by atoms with van der Waals surface area (Å²) < 4.78 is 6.64. The van der Waals surface area contributed by atoms with Gasteiger partial charge in [-0.1, -0.05) is 0 Å². The van der Waals surface area contributed by atoms with Gasteiger partial charge >= 0.3 is 11.9 Å². The zero-order valence-corrected chi connectivity index (χ0v) is 11.0. The number of ether oxygens (including phenoxy) is 1. The summed E-state index contributed by atoms with van der Waals surface area (Å²) in [6, 6.07) is 1.15. The number of nitrogens with zero attached hydrogens (tertiary/aromatic N) is 2. The highest BCUT2D eigenvalue weighted by Crippen LogP contribution is 2.15. The SMILES string of the molecule is C[C@@H](CC(=O)OC(C)(C)C)n1ccc(C(=O)O)n1. The van der Waals surface area contributed by atoms with Gasteiger partial charge in [0.25, 0.3) is 0 Å². The topological polar surface area (TPSA) is 81.4 Å². The maximum Gasteiger partial charge on any atom is 0.356 e. The lowest BCUT2D eigenvalue weighted by atomic mass is 10.2. The lowest BCUT2D eigenvalue weighted by molar-refractivity contribution is -0.155. The predicted octanol–water partition coefficient (Wildman–Crippen LogP) is 1.87. The van der Waals surface area contributed by atoms with Crippen molar-refractivity contribution in [3.05, 3.63) is 18.0 Å². The van der Waals surface area contributed by atoms with E-state index in [2.05, 4.69) is 5.10 Å². The van der Waals surface area contributed by atoms with Crippen LogP contribution in [0.15, 0.2) is 12.3 Å². The number of rotatable bonds is 4. The molecule has 1 atom stereocenters. The summed E-state index contributed by atoms with van der Waals surface area (Å²) in [4.78, 5) is 22.3. The first-order valence-electron chi connectivity index (χ1n) is 5.69. The molecule has 1 heterocycles. The Kier molecular flexibility index (Phi) is 4.11. The Morgan fingerprint density at radius 2 is 2.11 bits per heavy atom. The second-order valence-electron chi connectivity index (χ2n) is 5.13. The van der Waals surface area contributed by atoms with E-state index >= 15 is 0 Å². The second-order valence-corrected chi connectivity index (χ2v) is 5.13. The largest absolute Gasteiger partial charge is 0.476 e. The molecule has 0 aliphatic rings. The van der Waals surface area contributed by atoms with E-state index in [0.29, 0.717) is 0 Å². The van der Waals surface area contributed by atoms with Crippen molar-refractivity contribution in [3.63, 3.8) is 0 Å². The van der Waals surface area contributed by atoms with Crippen molar-refractivity contribution in [1.82, 2.24) is 9.78 Å². The van der Waals surface area contributed by atoms with Crippen LogP contribution in [0.1, 0.15) is 50.6 Å². The van der Waals surface area contributed by atoms with Crippen molar-refractivity contribution in [2.75, 3.05) is 0 Å². The number of aromatic nitrogens is 2. The summed E-state index contributed by atoms with van der Waals surface area (Å²) in [6.07, 6.45) is 1.69. The van der Waals surface area contributed by atoms with E-state index in [1.54, 1.807) is 33.9 Å². The molecule has 1 aromatic heterocycles. The Balaban J connectivity index is 2.62. The third kappa shape index (κ3) is 4.20. The molecular weight excluding hydrogens is 236 g/mol. The van der Waals surface area contributed by atoms with Gasteiger partial charge in [-0.25, -0.2) is 4.79 Å². The Labute approximate surface area is 106 Å². The highest BCUT2D eigenvalue weighted by Gasteiger charge is 2.20. The van der Waals surface area contributed by atoms with E-state index in [4.69, 9.17) is 9.84 Å². The van der Waals surface area contributed by atoms with Gasteiger partial charge in [0.1, 0.15) is 5.60 Å². The predicted molar refractivity (Wildman–Crippen MR) is 64.4 cm³/mol. The molecule has 0 saturated heterocycles. The van der Waals surface area contributed by atoms with Gasteiger partial charge in [0.15, 0.2) is 5.69 Å². The smallest absolute Gasteiger partial charge is 0.356 e. The normalized spacial score (nSPS) is 13.1. The van der Waals surface area contributed by atoms with E-state index in [0.717, 1.165) is 0 Å². The maximum absolute atomic E-state index is 11.6. The van der Waals surface area contributed by atoms with Crippen molar-refractivity contribution in [2.24, 2.45) is 0 Å². The van der Waals surface area contributed by atoms with E-state index in [-0.39, 0.29) is 24.1 Å². The first-order chi connectivity index (χ1) is 8.19. The maximum atomic E-state index is 11.6. The minimum atomic E-state index is -1.08. The Bertz CT molecular complexity index is 445. The average Bonchev–Trinajstić information content (AvgIpc) is 2.62. The fourth-order valence-corrected chi connectivity index (χ4v) is 1.42. The third-order valence-corrected chi connectivity index (χ3v) is 2.16. The van der Waals surface area contributed by atoms with Gasteiger partial charge in [0.05, 0.1) is 12.5 Å². The molecule has 0 aromatic carbocycles. The van der Waals surface area contributed by atoms with Gasteiger partial charge in [-0.15, -0.1) is 0 Å². The van der Waals surface area contributed by atoms with Crippen LogP contribution in [0.2, 0.25) is 0 Å². The van der Waals surface area contributed by atoms with E-state index in [1.165, 1.54) is 10.7 Å². The van der Waals surface area contributed by atoms with E-state index in [9.17, 15) is 9.59 Å². The van der Waals surface area contributed by atoms with Crippen LogP contribution in [-0.2, 0) is 9.53 Å². The zero-order chi connectivity index (χ0) is 13.9. The quantitative estimate of drug-likeness (QED) is 0.829. The standard InChI is InChI=1S/C12H18N2O4/c1-8(7-10(15)18-12(2,3)4)14-6-5-9(13-14)11(16)17/h5-6,8H,7H2,1-4H3,(H,16,17)/t8-/m0/s1. The van der Waals surface area contributed by atoms with Crippen molar-refractivity contribution in [1.29, 1.82) is 0 Å². The lowest BCUT2D eigenvalue weighted by Gasteiger charge is -2.21. The molecule has 0 saturated carbocycles. The minimum absolute atomic E-state index is 0.0361. The summed E-state index contributed by atoms with van der Waals surface area (Å²) in [5, 5.41) is 12.6. The van der Waals surface area contributed by atoms with Gasteiger partial charge in [-0.3, -0.25) is 9.48 Å². The van der Waals surface area contributed by atoms with Gasteiger partial charge < -0.3 is 9.84 Å². The molecule has 0 spiro atoms. The summed E-state index contributed by atoms with van der Waals surface area (Å²) >= 11 is 0. The minimum Gasteiger partial charge on any atom is -0.476 e. The first-order valence-corrected chi connectivity index (χ1v) is 5.69. The summed E-state index contributed by atoms with van der Waals surface area (Å²) in [6.45, 7) is 7.17. The lowest BCUT2D eigenvalue weighted by Crippen LogP contribution is -2.25. The molecule has 0 radical (unpaired) electrons. The second kappa shape index (κ2) is 5.20. The molecule has 100 valence electrons. The van der Waals surface area contributed by atoms with Crippen LogP contribution in [0.25, 0.3) is 0 Å². The molecule has 0 aliphatic heterocycles. The van der Waals surface area contributed by atoms with Gasteiger partial charge in [-0.05, 0) is 33.8 Å². The van der Waals surface area contributed by atoms with E-state index in [1.807, 2.05) is 0 Å². The highest BCUT2D eigenvalue weighted by atomic mass is 16.6. The van der Waals surface area contributed by atoms with Gasteiger partial charge in [0.2, 0.25) is 0 Å². The van der Waals surface area contributed by atoms with Crippen LogP contribution in [0, 0.1) is 0 Å². The summed E-state index contributed by atoms with van der Waals surface area (Å²) in [5.41, 5.74) is -0.557. The van der Waals surface area contributed by atoms with Crippen molar-refractivity contribution in [3.8, 4) is 0 Å². The Hall–Kier alpha value is -1.85. The molecule has 6 heteroatoms. The molecule has 1 rings (SSSR count). The first kappa shape index (κ1) is 14.2. The van der Waals surface area contributed by atoms with Crippen LogP contribution in [0.5, 0.6) is 0 Å². The number of esters is 1. The van der Waals surface area contributed by atoms with Crippen LogP contribution in [0.4, 0.5) is 0 Å². The third-order valence-electron chi connectivity index (χ3n) is 2.16. The fourth-order valence-electron chi connectivity index (χ4n) is 1.42. The number of hydrogen-bond donors (Lipinski definition) is 1. The number of hydrogen-bond acceptors (Lipinski definition) is 4. The van der Waals surface area contributed by atoms with Gasteiger partial charge in [0, 0.05) is 6.20 Å². The zero-order valence-electron chi connectivity index (χ0n) is 11.0. The molecule has 1 N–H and O–H groups in total. The molecule has 18 heavy (non-hydrogen) atoms. The summed E-state index contributed by atoms with van der Waals surface area (Å²) in [5.74, 6) is -1.42. The van der Waals surface area contributed by atoms with Crippen LogP contribution in [0.3, 0.4) is 0 Å². The molecule has 0 amide bonds. The van der Waals surface area contributed by atoms with Crippen molar-refractivity contribution < 1.29 is 19.4 Å². The van der Waals surface area contributed by atoms with Gasteiger partial charge in [-0.2, -0.15) is 5.10 Å². The van der Waals surface area contributed by atoms with Crippen LogP contribution < -0.4 is 0 Å². The Morgan fingerprint density at radius 3 is 2.56 bits per heavy atom. The summed E-state index contributed by atoms with van der Waals surface area (Å²) in [7, 11) is 0.